The Labute approximate surface area is 203 Å². The van der Waals surface area contributed by atoms with Crippen molar-refractivity contribution < 1.29 is 32.2 Å². The molecule has 1 aliphatic heterocycles. The lowest BCUT2D eigenvalue weighted by molar-refractivity contribution is -0.166. The predicted octanol–water partition coefficient (Wildman–Crippen LogP) is 3.35. The Morgan fingerprint density at radius 1 is 1.12 bits per heavy atom. The van der Waals surface area contributed by atoms with E-state index in [0.29, 0.717) is 29.3 Å². The van der Waals surface area contributed by atoms with Gasteiger partial charge in [0.1, 0.15) is 6.04 Å². The van der Waals surface area contributed by atoms with Crippen LogP contribution in [0.4, 0.5) is 5.69 Å². The maximum Gasteiger partial charge on any atom is 0.338 e. The zero-order chi connectivity index (χ0) is 24.6. The molecule has 1 fully saturated rings. The van der Waals surface area contributed by atoms with Gasteiger partial charge in [-0.1, -0.05) is 11.6 Å². The van der Waals surface area contributed by atoms with Gasteiger partial charge < -0.3 is 19.5 Å². The first-order chi connectivity index (χ1) is 16.3. The smallest absolute Gasteiger partial charge is 0.338 e. The summed E-state index contributed by atoms with van der Waals surface area (Å²) in [5, 5.41) is 3.04. The van der Waals surface area contributed by atoms with Gasteiger partial charge in [0, 0.05) is 17.3 Å². The van der Waals surface area contributed by atoms with Crippen molar-refractivity contribution in [2.45, 2.75) is 43.4 Å². The zero-order valence-corrected chi connectivity index (χ0v) is 20.2. The van der Waals surface area contributed by atoms with Crippen molar-refractivity contribution >= 4 is 39.2 Å². The highest BCUT2D eigenvalue weighted by molar-refractivity contribution is 7.89. The number of hydrogen-bond acceptors (Lipinski definition) is 7. The van der Waals surface area contributed by atoms with Crippen LogP contribution in [-0.4, -0.2) is 52.4 Å². The molecule has 0 saturated carbocycles. The average molecular weight is 511 g/mol. The SMILES string of the molecule is CCOC(=O)c1ccc(NC(=O)C(CO[C@H]2CCCCO2)NS(=O)(=O)c2ccc(Cl)cc2)cc1. The fourth-order valence-corrected chi connectivity index (χ4v) is 4.52. The molecule has 34 heavy (non-hydrogen) atoms. The number of anilines is 1. The minimum Gasteiger partial charge on any atom is -0.462 e. The van der Waals surface area contributed by atoms with Gasteiger partial charge in [-0.25, -0.2) is 13.2 Å². The van der Waals surface area contributed by atoms with Crippen molar-refractivity contribution in [3.8, 4) is 0 Å². The molecular formula is C23H27ClN2O7S. The van der Waals surface area contributed by atoms with Crippen LogP contribution in [0.15, 0.2) is 53.4 Å². The van der Waals surface area contributed by atoms with E-state index in [9.17, 15) is 18.0 Å². The van der Waals surface area contributed by atoms with Crippen LogP contribution >= 0.6 is 11.6 Å². The van der Waals surface area contributed by atoms with Gasteiger partial charge in [-0.05, 0) is 74.7 Å². The molecule has 0 aliphatic carbocycles. The summed E-state index contributed by atoms with van der Waals surface area (Å²) in [6.45, 7) is 2.27. The molecule has 1 amide bonds. The minimum absolute atomic E-state index is 0.0394. The topological polar surface area (TPSA) is 120 Å². The van der Waals surface area contributed by atoms with Crippen LogP contribution in [0, 0.1) is 0 Å². The quantitative estimate of drug-likeness (QED) is 0.470. The number of sulfonamides is 1. The second-order valence-electron chi connectivity index (χ2n) is 7.54. The molecule has 0 aromatic heterocycles. The van der Waals surface area contributed by atoms with Crippen molar-refractivity contribution in [2.24, 2.45) is 0 Å². The van der Waals surface area contributed by atoms with Crippen LogP contribution in [0.25, 0.3) is 0 Å². The van der Waals surface area contributed by atoms with Gasteiger partial charge in [0.25, 0.3) is 0 Å². The summed E-state index contributed by atoms with van der Waals surface area (Å²) >= 11 is 5.85. The number of nitrogens with one attached hydrogen (secondary N) is 2. The Kier molecular flexibility index (Phi) is 9.43. The number of esters is 1. The number of rotatable bonds is 10. The molecular weight excluding hydrogens is 484 g/mol. The summed E-state index contributed by atoms with van der Waals surface area (Å²) in [4.78, 5) is 24.8. The molecule has 1 unspecified atom stereocenters. The Hall–Kier alpha value is -2.50. The summed E-state index contributed by atoms with van der Waals surface area (Å²) in [5.74, 6) is -1.10. The molecule has 11 heteroatoms. The molecule has 3 rings (SSSR count). The third-order valence-electron chi connectivity index (χ3n) is 4.99. The Morgan fingerprint density at radius 2 is 1.82 bits per heavy atom. The molecule has 1 aliphatic rings. The van der Waals surface area contributed by atoms with Gasteiger partial charge in [0.2, 0.25) is 15.9 Å². The largest absolute Gasteiger partial charge is 0.462 e. The number of hydrogen-bond donors (Lipinski definition) is 2. The van der Waals surface area contributed by atoms with Gasteiger partial charge in [0.05, 0.1) is 23.7 Å². The van der Waals surface area contributed by atoms with Gasteiger partial charge in [-0.2, -0.15) is 4.72 Å². The van der Waals surface area contributed by atoms with E-state index < -0.39 is 34.2 Å². The van der Waals surface area contributed by atoms with Crippen molar-refractivity contribution in [3.63, 3.8) is 0 Å². The molecule has 2 N–H and O–H groups in total. The molecule has 1 heterocycles. The van der Waals surface area contributed by atoms with E-state index in [-0.39, 0.29) is 18.1 Å². The number of halogens is 1. The highest BCUT2D eigenvalue weighted by atomic mass is 35.5. The summed E-state index contributed by atoms with van der Waals surface area (Å²) in [6.07, 6.45) is 2.00. The molecule has 2 atom stereocenters. The number of ether oxygens (including phenoxy) is 3. The molecule has 1 saturated heterocycles. The number of amides is 1. The highest BCUT2D eigenvalue weighted by Gasteiger charge is 2.28. The Balaban J connectivity index is 1.72. The average Bonchev–Trinajstić information content (AvgIpc) is 2.83. The standard InChI is InChI=1S/C23H27ClN2O7S/c1-2-31-23(28)16-6-10-18(11-7-16)25-22(27)20(15-33-21-5-3-4-14-32-21)26-34(29,30)19-12-8-17(24)9-13-19/h6-13,20-21,26H,2-5,14-15H2,1H3,(H,25,27)/t20?,21-/m0/s1. The van der Waals surface area contributed by atoms with Crippen molar-refractivity contribution in [2.75, 3.05) is 25.1 Å². The second-order valence-corrected chi connectivity index (χ2v) is 9.69. The van der Waals surface area contributed by atoms with Gasteiger partial charge in [-0.15, -0.1) is 0 Å². The van der Waals surface area contributed by atoms with Gasteiger partial charge in [-0.3, -0.25) is 4.79 Å². The molecule has 184 valence electrons. The molecule has 0 bridgehead atoms. The minimum atomic E-state index is -4.04. The molecule has 0 spiro atoms. The lowest BCUT2D eigenvalue weighted by atomic mass is 10.2. The van der Waals surface area contributed by atoms with Crippen LogP contribution < -0.4 is 10.0 Å². The molecule has 2 aromatic carbocycles. The predicted molar refractivity (Wildman–Crippen MR) is 126 cm³/mol. The molecule has 9 nitrogen and oxygen atoms in total. The first kappa shape index (κ1) is 26.1. The van der Waals surface area contributed by atoms with Crippen LogP contribution in [0.2, 0.25) is 5.02 Å². The van der Waals surface area contributed by atoms with Crippen LogP contribution in [-0.2, 0) is 29.0 Å². The monoisotopic (exact) mass is 510 g/mol. The number of carbonyl (C=O) groups is 2. The van der Waals surface area contributed by atoms with Crippen molar-refractivity contribution in [1.29, 1.82) is 0 Å². The van der Waals surface area contributed by atoms with Crippen molar-refractivity contribution in [3.05, 3.63) is 59.1 Å². The highest BCUT2D eigenvalue weighted by Crippen LogP contribution is 2.17. The first-order valence-electron chi connectivity index (χ1n) is 10.9. The van der Waals surface area contributed by atoms with E-state index in [1.807, 2.05) is 0 Å². The van der Waals surface area contributed by atoms with E-state index in [1.165, 1.54) is 48.5 Å². The lowest BCUT2D eigenvalue weighted by Crippen LogP contribution is -2.47. The molecule has 2 aromatic rings. The van der Waals surface area contributed by atoms with Crippen LogP contribution in [0.3, 0.4) is 0 Å². The maximum atomic E-state index is 13.0. The van der Waals surface area contributed by atoms with Gasteiger partial charge in [0.15, 0.2) is 6.29 Å². The second kappa shape index (κ2) is 12.3. The van der Waals surface area contributed by atoms with Crippen LogP contribution in [0.5, 0.6) is 0 Å². The summed E-state index contributed by atoms with van der Waals surface area (Å²) in [7, 11) is -4.04. The number of carbonyl (C=O) groups excluding carboxylic acids is 2. The van der Waals surface area contributed by atoms with E-state index in [2.05, 4.69) is 10.0 Å². The van der Waals surface area contributed by atoms with E-state index in [1.54, 1.807) is 6.92 Å². The lowest BCUT2D eigenvalue weighted by Gasteiger charge is -2.25. The maximum absolute atomic E-state index is 13.0. The summed E-state index contributed by atoms with van der Waals surface area (Å²) in [5.41, 5.74) is 0.709. The Morgan fingerprint density at radius 3 is 2.44 bits per heavy atom. The summed E-state index contributed by atoms with van der Waals surface area (Å²) < 4.78 is 44.3. The number of benzene rings is 2. The third-order valence-corrected chi connectivity index (χ3v) is 6.73. The Bertz CT molecular complexity index is 1070. The molecule has 0 radical (unpaired) electrons. The summed E-state index contributed by atoms with van der Waals surface area (Å²) in [6, 6.07) is 10.4. The fraction of sp³-hybridized carbons (Fsp3) is 0.391. The third kappa shape index (κ3) is 7.51. The first-order valence-corrected chi connectivity index (χ1v) is 12.7. The zero-order valence-electron chi connectivity index (χ0n) is 18.7. The van der Waals surface area contributed by atoms with Crippen molar-refractivity contribution in [1.82, 2.24) is 4.72 Å². The van der Waals surface area contributed by atoms with E-state index >= 15 is 0 Å². The van der Waals surface area contributed by atoms with E-state index in [4.69, 9.17) is 25.8 Å². The normalized spacial score (nSPS) is 17.1. The fourth-order valence-electron chi connectivity index (χ4n) is 3.21. The van der Waals surface area contributed by atoms with Gasteiger partial charge >= 0.3 is 5.97 Å². The van der Waals surface area contributed by atoms with Crippen LogP contribution in [0.1, 0.15) is 36.5 Å². The van der Waals surface area contributed by atoms with E-state index in [0.717, 1.165) is 12.8 Å².